The molecule has 1 saturated heterocycles. The molecule has 0 N–H and O–H groups in total. The monoisotopic (exact) mass is 243 g/mol. The van der Waals surface area contributed by atoms with Crippen LogP contribution >= 0.6 is 0 Å². The summed E-state index contributed by atoms with van der Waals surface area (Å²) < 4.78 is 0. The van der Waals surface area contributed by atoms with Gasteiger partial charge in [-0.25, -0.2) is 0 Å². The zero-order valence-corrected chi connectivity index (χ0v) is 11.0. The van der Waals surface area contributed by atoms with E-state index in [9.17, 15) is 4.79 Å². The molecule has 1 amide bonds. The molecule has 2 heteroatoms. The van der Waals surface area contributed by atoms with Crippen molar-refractivity contribution in [2.24, 2.45) is 11.8 Å². The minimum atomic E-state index is 0.290. The summed E-state index contributed by atoms with van der Waals surface area (Å²) in [4.78, 5) is 14.5. The highest BCUT2D eigenvalue weighted by Crippen LogP contribution is 2.43. The second kappa shape index (κ2) is 4.75. The number of hydrogen-bond donors (Lipinski definition) is 0. The summed E-state index contributed by atoms with van der Waals surface area (Å²) in [5.74, 6) is 1.30. The number of rotatable bonds is 1. The molecule has 3 rings (SSSR count). The predicted octanol–water partition coefficient (Wildman–Crippen LogP) is 3.40. The number of likely N-dealkylation sites (tertiary alicyclic amines) is 1. The number of carbonyl (C=O) groups excluding carboxylic acids is 1. The van der Waals surface area contributed by atoms with Gasteiger partial charge in [-0.2, -0.15) is 0 Å². The maximum absolute atomic E-state index is 12.5. The van der Waals surface area contributed by atoms with Gasteiger partial charge in [0.25, 0.3) is 0 Å². The molecule has 18 heavy (non-hydrogen) atoms. The van der Waals surface area contributed by atoms with E-state index < -0.39 is 0 Å². The average Bonchev–Trinajstić information content (AvgIpc) is 2.44. The normalized spacial score (nSPS) is 32.2. The van der Waals surface area contributed by atoms with Crippen LogP contribution in [0.15, 0.2) is 30.3 Å². The van der Waals surface area contributed by atoms with Gasteiger partial charge in [-0.1, -0.05) is 43.2 Å². The van der Waals surface area contributed by atoms with Crippen LogP contribution in [0.2, 0.25) is 0 Å². The lowest BCUT2D eigenvalue weighted by Crippen LogP contribution is -2.46. The molecule has 96 valence electrons. The number of fused-ring (bicyclic) bond motifs is 1. The second-order valence-corrected chi connectivity index (χ2v) is 5.76. The molecule has 0 bridgehead atoms. The second-order valence-electron chi connectivity index (χ2n) is 5.76. The predicted molar refractivity (Wildman–Crippen MR) is 72.0 cm³/mol. The van der Waals surface area contributed by atoms with Crippen molar-refractivity contribution in [1.82, 2.24) is 4.90 Å². The van der Waals surface area contributed by atoms with Gasteiger partial charge in [0.15, 0.2) is 0 Å². The molecule has 0 unspecified atom stereocenters. The summed E-state index contributed by atoms with van der Waals surface area (Å²) in [5.41, 5.74) is 1.29. The lowest BCUT2D eigenvalue weighted by Gasteiger charge is -2.44. The van der Waals surface area contributed by atoms with E-state index in [4.69, 9.17) is 0 Å². The Morgan fingerprint density at radius 1 is 1.11 bits per heavy atom. The van der Waals surface area contributed by atoms with Crippen LogP contribution in [0, 0.1) is 11.8 Å². The summed E-state index contributed by atoms with van der Waals surface area (Å²) in [6.07, 6.45) is 6.04. The Morgan fingerprint density at radius 3 is 2.61 bits per heavy atom. The Hall–Kier alpha value is -1.31. The third-order valence-corrected chi connectivity index (χ3v) is 4.75. The van der Waals surface area contributed by atoms with E-state index in [0.29, 0.717) is 17.7 Å². The Morgan fingerprint density at radius 2 is 1.83 bits per heavy atom. The number of amides is 1. The van der Waals surface area contributed by atoms with Crippen molar-refractivity contribution in [3.05, 3.63) is 35.9 Å². The lowest BCUT2D eigenvalue weighted by molar-refractivity contribution is -0.145. The molecule has 1 aromatic carbocycles. The molecule has 1 aliphatic heterocycles. The van der Waals surface area contributed by atoms with Gasteiger partial charge in [-0.15, -0.1) is 0 Å². The minimum absolute atomic E-state index is 0.290. The largest absolute Gasteiger partial charge is 0.338 e. The molecule has 2 fully saturated rings. The van der Waals surface area contributed by atoms with Gasteiger partial charge in [0.05, 0.1) is 6.04 Å². The van der Waals surface area contributed by atoms with Crippen LogP contribution in [0.5, 0.6) is 0 Å². The first kappa shape index (κ1) is 11.8. The first-order valence-electron chi connectivity index (χ1n) is 7.09. The molecule has 0 radical (unpaired) electrons. The number of nitrogens with zero attached hydrogens (tertiary/aromatic N) is 1. The van der Waals surface area contributed by atoms with Gasteiger partial charge in [0, 0.05) is 13.0 Å². The first-order chi connectivity index (χ1) is 8.77. The van der Waals surface area contributed by atoms with Crippen molar-refractivity contribution in [1.29, 1.82) is 0 Å². The lowest BCUT2D eigenvalue weighted by atomic mass is 9.71. The highest BCUT2D eigenvalue weighted by atomic mass is 16.2. The van der Waals surface area contributed by atoms with E-state index >= 15 is 0 Å². The van der Waals surface area contributed by atoms with Crippen molar-refractivity contribution >= 4 is 5.91 Å². The number of benzene rings is 1. The van der Waals surface area contributed by atoms with E-state index in [-0.39, 0.29) is 6.04 Å². The van der Waals surface area contributed by atoms with Crippen LogP contribution in [0.1, 0.15) is 43.7 Å². The van der Waals surface area contributed by atoms with E-state index in [2.05, 4.69) is 24.3 Å². The number of carbonyl (C=O) groups is 1. The standard InChI is InChI=1S/C16H21NO/c1-17-15(12-7-3-2-4-8-12)11-13-9-5-6-10-14(13)16(17)18/h2-4,7-8,13-15H,5-6,9-11H2,1H3/t13-,14-,15-/m1/s1. The molecule has 2 nitrogen and oxygen atoms in total. The summed E-state index contributed by atoms with van der Waals surface area (Å²) in [6, 6.07) is 10.8. The molecule has 3 atom stereocenters. The van der Waals surface area contributed by atoms with Crippen LogP contribution in [0.3, 0.4) is 0 Å². The van der Waals surface area contributed by atoms with Crippen molar-refractivity contribution < 1.29 is 4.79 Å². The molecule has 1 aliphatic carbocycles. The van der Waals surface area contributed by atoms with Crippen molar-refractivity contribution in [2.75, 3.05) is 7.05 Å². The van der Waals surface area contributed by atoms with Gasteiger partial charge in [0.2, 0.25) is 5.91 Å². The summed E-state index contributed by atoms with van der Waals surface area (Å²) in [7, 11) is 1.98. The Labute approximate surface area is 109 Å². The fourth-order valence-electron chi connectivity index (χ4n) is 3.71. The molecule has 2 aliphatic rings. The molecular weight excluding hydrogens is 222 g/mol. The number of hydrogen-bond acceptors (Lipinski definition) is 1. The fourth-order valence-corrected chi connectivity index (χ4v) is 3.71. The molecular formula is C16H21NO. The quantitative estimate of drug-likeness (QED) is 0.740. The maximum Gasteiger partial charge on any atom is 0.226 e. The Kier molecular flexibility index (Phi) is 3.11. The highest BCUT2D eigenvalue weighted by molar-refractivity contribution is 5.80. The van der Waals surface area contributed by atoms with Crippen LogP contribution in [0.4, 0.5) is 0 Å². The zero-order valence-electron chi connectivity index (χ0n) is 11.0. The summed E-state index contributed by atoms with van der Waals surface area (Å²) >= 11 is 0. The van der Waals surface area contributed by atoms with Gasteiger partial charge < -0.3 is 4.90 Å². The highest BCUT2D eigenvalue weighted by Gasteiger charge is 2.41. The minimum Gasteiger partial charge on any atom is -0.338 e. The Bertz CT molecular complexity index is 428. The summed E-state index contributed by atoms with van der Waals surface area (Å²) in [6.45, 7) is 0. The van der Waals surface area contributed by atoms with Crippen LogP contribution in [-0.2, 0) is 4.79 Å². The van der Waals surface area contributed by atoms with Gasteiger partial charge >= 0.3 is 0 Å². The van der Waals surface area contributed by atoms with Gasteiger partial charge in [0.1, 0.15) is 0 Å². The third kappa shape index (κ3) is 1.94. The van der Waals surface area contributed by atoms with Gasteiger partial charge in [-0.3, -0.25) is 4.79 Å². The SMILES string of the molecule is CN1C(=O)[C@@H]2CCCC[C@@H]2C[C@@H]1c1ccccc1. The average molecular weight is 243 g/mol. The molecule has 1 aromatic rings. The van der Waals surface area contributed by atoms with Crippen LogP contribution < -0.4 is 0 Å². The third-order valence-electron chi connectivity index (χ3n) is 4.75. The summed E-state index contributed by atoms with van der Waals surface area (Å²) in [5, 5.41) is 0. The number of piperidine rings is 1. The zero-order chi connectivity index (χ0) is 12.5. The van der Waals surface area contributed by atoms with E-state index in [1.54, 1.807) is 0 Å². The van der Waals surface area contributed by atoms with E-state index in [0.717, 1.165) is 12.8 Å². The van der Waals surface area contributed by atoms with E-state index in [1.165, 1.54) is 24.8 Å². The van der Waals surface area contributed by atoms with E-state index in [1.807, 2.05) is 18.0 Å². The molecule has 1 saturated carbocycles. The molecule has 1 heterocycles. The topological polar surface area (TPSA) is 20.3 Å². The first-order valence-corrected chi connectivity index (χ1v) is 7.09. The molecule has 0 spiro atoms. The Balaban J connectivity index is 1.86. The van der Waals surface area contributed by atoms with Crippen LogP contribution in [-0.4, -0.2) is 17.9 Å². The molecule has 0 aromatic heterocycles. The maximum atomic E-state index is 12.5. The smallest absolute Gasteiger partial charge is 0.226 e. The fraction of sp³-hybridized carbons (Fsp3) is 0.562. The van der Waals surface area contributed by atoms with Gasteiger partial charge in [-0.05, 0) is 30.7 Å². The van der Waals surface area contributed by atoms with Crippen molar-refractivity contribution in [3.8, 4) is 0 Å². The van der Waals surface area contributed by atoms with Crippen molar-refractivity contribution in [3.63, 3.8) is 0 Å². The van der Waals surface area contributed by atoms with Crippen molar-refractivity contribution in [2.45, 2.75) is 38.1 Å². The van der Waals surface area contributed by atoms with Crippen LogP contribution in [0.25, 0.3) is 0 Å².